The summed E-state index contributed by atoms with van der Waals surface area (Å²) in [5, 5.41) is 2.55. The fourth-order valence-corrected chi connectivity index (χ4v) is 9.27. The first-order valence-electron chi connectivity index (χ1n) is 21.1. The predicted molar refractivity (Wildman–Crippen MR) is 255 cm³/mol. The molecule has 288 valence electrons. The van der Waals surface area contributed by atoms with Crippen molar-refractivity contribution in [2.75, 3.05) is 0 Å². The highest BCUT2D eigenvalue weighted by molar-refractivity contribution is 6.01. The van der Waals surface area contributed by atoms with Crippen molar-refractivity contribution in [3.8, 4) is 89.5 Å². The van der Waals surface area contributed by atoms with Gasteiger partial charge >= 0.3 is 0 Å². The highest BCUT2D eigenvalue weighted by atomic mass is 14.9. The number of hydrogen-bond donors (Lipinski definition) is 0. The maximum absolute atomic E-state index is 5.22. The Labute approximate surface area is 357 Å². The van der Waals surface area contributed by atoms with Gasteiger partial charge in [-0.1, -0.05) is 214 Å². The van der Waals surface area contributed by atoms with E-state index in [0.717, 1.165) is 33.6 Å². The molecule has 0 atom stereocenters. The topological polar surface area (TPSA) is 25.8 Å². The average molecular weight is 779 g/mol. The Kier molecular flexibility index (Phi) is 8.86. The first-order chi connectivity index (χ1) is 30.0. The Balaban J connectivity index is 0.986. The van der Waals surface area contributed by atoms with E-state index in [2.05, 4.69) is 232 Å². The lowest BCUT2D eigenvalue weighted by Gasteiger charge is -2.22. The normalized spacial score (nSPS) is 12.6. The Hall–Kier alpha value is -7.68. The molecule has 11 rings (SSSR count). The van der Waals surface area contributed by atoms with E-state index < -0.39 is 0 Å². The molecule has 0 fully saturated rings. The Bertz CT molecular complexity index is 3120. The minimum Gasteiger partial charge on any atom is -0.228 e. The van der Waals surface area contributed by atoms with E-state index in [4.69, 9.17) is 9.97 Å². The molecule has 9 aromatic carbocycles. The second kappa shape index (κ2) is 14.9. The molecule has 1 aromatic heterocycles. The molecule has 1 aliphatic carbocycles. The lowest BCUT2D eigenvalue weighted by molar-refractivity contribution is 0.661. The summed E-state index contributed by atoms with van der Waals surface area (Å²) in [5.41, 5.74) is 19.7. The fourth-order valence-electron chi connectivity index (χ4n) is 9.27. The number of fused-ring (bicyclic) bond motifs is 4. The molecule has 0 saturated heterocycles. The zero-order valence-electron chi connectivity index (χ0n) is 34.2. The lowest BCUT2D eigenvalue weighted by atomic mass is 9.81. The molecule has 1 aliphatic rings. The maximum atomic E-state index is 5.22. The summed E-state index contributed by atoms with van der Waals surface area (Å²) in [4.78, 5) is 10.4. The first-order valence-corrected chi connectivity index (χ1v) is 21.1. The second-order valence-electron chi connectivity index (χ2n) is 16.6. The zero-order valence-corrected chi connectivity index (χ0v) is 34.2. The van der Waals surface area contributed by atoms with E-state index in [-0.39, 0.29) is 5.41 Å². The van der Waals surface area contributed by atoms with Crippen LogP contribution in [0.1, 0.15) is 25.0 Å². The van der Waals surface area contributed by atoms with Crippen LogP contribution in [0.25, 0.3) is 100 Å². The van der Waals surface area contributed by atoms with Crippen LogP contribution in [0.4, 0.5) is 0 Å². The first kappa shape index (κ1) is 36.4. The molecule has 0 radical (unpaired) electrons. The number of rotatable bonds is 7. The molecule has 2 heteroatoms. The van der Waals surface area contributed by atoms with E-state index in [1.54, 1.807) is 0 Å². The van der Waals surface area contributed by atoms with Crippen LogP contribution in [-0.2, 0) is 5.41 Å². The van der Waals surface area contributed by atoms with Crippen molar-refractivity contribution in [3.63, 3.8) is 0 Å². The van der Waals surface area contributed by atoms with Gasteiger partial charge < -0.3 is 0 Å². The monoisotopic (exact) mass is 778 g/mol. The van der Waals surface area contributed by atoms with Gasteiger partial charge in [0.1, 0.15) is 0 Å². The van der Waals surface area contributed by atoms with Crippen LogP contribution in [0.2, 0.25) is 0 Å². The number of hydrogen-bond acceptors (Lipinski definition) is 2. The van der Waals surface area contributed by atoms with Crippen molar-refractivity contribution in [2.24, 2.45) is 0 Å². The smallest absolute Gasteiger partial charge is 0.160 e. The third-order valence-electron chi connectivity index (χ3n) is 12.5. The van der Waals surface area contributed by atoms with Crippen molar-refractivity contribution in [2.45, 2.75) is 19.3 Å². The van der Waals surface area contributed by atoms with Gasteiger partial charge in [-0.2, -0.15) is 0 Å². The van der Waals surface area contributed by atoms with Crippen molar-refractivity contribution in [3.05, 3.63) is 230 Å². The van der Waals surface area contributed by atoms with Crippen molar-refractivity contribution >= 4 is 10.8 Å². The van der Waals surface area contributed by atoms with Crippen LogP contribution in [0.3, 0.4) is 0 Å². The minimum atomic E-state index is -0.109. The quantitative estimate of drug-likeness (QED) is 0.161. The van der Waals surface area contributed by atoms with Crippen LogP contribution in [0.15, 0.2) is 218 Å². The summed E-state index contributed by atoms with van der Waals surface area (Å²) in [5.74, 6) is 0.693. The largest absolute Gasteiger partial charge is 0.228 e. The standard InChI is InChI=1S/C59H42N2/c1-59(2)53-23-13-22-51(57(53)52-36-47-18-9-10-19-48(47)37-54(52)59)50-21-12-11-20-49(50)43-28-34-46(35-29-43)58-60-55(44-30-24-41(25-31-44)39-14-5-3-6-15-39)38-56(61-58)45-32-26-42(27-33-45)40-16-7-4-8-17-40/h3-38H,1-2H3. The summed E-state index contributed by atoms with van der Waals surface area (Å²) in [6.07, 6.45) is 0. The van der Waals surface area contributed by atoms with E-state index >= 15 is 0 Å². The molecule has 0 N–H and O–H groups in total. The van der Waals surface area contributed by atoms with Crippen molar-refractivity contribution in [1.29, 1.82) is 0 Å². The van der Waals surface area contributed by atoms with Gasteiger partial charge in [0.2, 0.25) is 0 Å². The third-order valence-corrected chi connectivity index (χ3v) is 12.5. The van der Waals surface area contributed by atoms with Gasteiger partial charge in [-0.25, -0.2) is 9.97 Å². The van der Waals surface area contributed by atoms with Crippen LogP contribution in [0.5, 0.6) is 0 Å². The Morgan fingerprint density at radius 2 is 0.738 bits per heavy atom. The van der Waals surface area contributed by atoms with Gasteiger partial charge in [-0.15, -0.1) is 0 Å². The number of benzene rings is 9. The van der Waals surface area contributed by atoms with Gasteiger partial charge in [-0.05, 0) is 95.7 Å². The summed E-state index contributed by atoms with van der Waals surface area (Å²) in [6.45, 7) is 4.73. The molecule has 0 saturated carbocycles. The molecule has 10 aromatic rings. The zero-order chi connectivity index (χ0) is 40.9. The van der Waals surface area contributed by atoms with E-state index in [0.29, 0.717) is 5.82 Å². The maximum Gasteiger partial charge on any atom is 0.160 e. The minimum absolute atomic E-state index is 0.109. The Morgan fingerprint density at radius 3 is 1.33 bits per heavy atom. The Morgan fingerprint density at radius 1 is 0.295 bits per heavy atom. The molecular formula is C59H42N2. The van der Waals surface area contributed by atoms with Crippen LogP contribution in [-0.4, -0.2) is 9.97 Å². The molecule has 0 bridgehead atoms. The molecule has 0 amide bonds. The second-order valence-corrected chi connectivity index (χ2v) is 16.6. The molecule has 2 nitrogen and oxygen atoms in total. The molecule has 0 aliphatic heterocycles. The predicted octanol–water partition coefficient (Wildman–Crippen LogP) is 15.6. The summed E-state index contributed by atoms with van der Waals surface area (Å²) in [6, 6.07) is 78.5. The van der Waals surface area contributed by atoms with E-state index in [1.165, 1.54) is 72.0 Å². The molecule has 1 heterocycles. The number of nitrogens with zero attached hydrogens (tertiary/aromatic N) is 2. The summed E-state index contributed by atoms with van der Waals surface area (Å²) >= 11 is 0. The van der Waals surface area contributed by atoms with Crippen LogP contribution < -0.4 is 0 Å². The highest BCUT2D eigenvalue weighted by Crippen LogP contribution is 2.54. The molecule has 61 heavy (non-hydrogen) atoms. The van der Waals surface area contributed by atoms with Gasteiger partial charge in [-0.3, -0.25) is 0 Å². The molecular weight excluding hydrogens is 737 g/mol. The van der Waals surface area contributed by atoms with Crippen molar-refractivity contribution < 1.29 is 0 Å². The van der Waals surface area contributed by atoms with Gasteiger partial charge in [0.25, 0.3) is 0 Å². The van der Waals surface area contributed by atoms with Crippen molar-refractivity contribution in [1.82, 2.24) is 9.97 Å². The van der Waals surface area contributed by atoms with Gasteiger partial charge in [0.15, 0.2) is 5.82 Å². The summed E-state index contributed by atoms with van der Waals surface area (Å²) < 4.78 is 0. The average Bonchev–Trinajstić information content (AvgIpc) is 3.56. The van der Waals surface area contributed by atoms with Crippen LogP contribution >= 0.6 is 0 Å². The third kappa shape index (κ3) is 6.54. The van der Waals surface area contributed by atoms with Gasteiger partial charge in [0, 0.05) is 22.1 Å². The SMILES string of the molecule is CC1(C)c2cc3ccccc3cc2-c2c(-c3ccccc3-c3ccc(-c4nc(-c5ccc(-c6ccccc6)cc5)cc(-c5ccc(-c6ccccc6)cc5)n4)cc3)cccc21. The fraction of sp³-hybridized carbons (Fsp3) is 0.0508. The summed E-state index contributed by atoms with van der Waals surface area (Å²) in [7, 11) is 0. The van der Waals surface area contributed by atoms with E-state index in [1.807, 2.05) is 0 Å². The lowest BCUT2D eigenvalue weighted by Crippen LogP contribution is -2.14. The van der Waals surface area contributed by atoms with Gasteiger partial charge in [0.05, 0.1) is 11.4 Å². The molecule has 0 unspecified atom stereocenters. The van der Waals surface area contributed by atoms with Crippen LogP contribution in [0, 0.1) is 0 Å². The van der Waals surface area contributed by atoms with E-state index in [9.17, 15) is 0 Å². The highest BCUT2D eigenvalue weighted by Gasteiger charge is 2.37. The number of aromatic nitrogens is 2. The molecule has 0 spiro atoms.